The molecule has 1 aromatic carbocycles. The van der Waals surface area contributed by atoms with E-state index >= 15 is 0 Å². The Morgan fingerprint density at radius 3 is 2.78 bits per heavy atom. The highest BCUT2D eigenvalue weighted by atomic mass is 16.5. The summed E-state index contributed by atoms with van der Waals surface area (Å²) < 4.78 is 5.74. The Hall–Kier alpha value is -1.55. The number of hydrogen-bond donors (Lipinski definition) is 1. The van der Waals surface area contributed by atoms with Crippen LogP contribution in [0, 0.1) is 0 Å². The zero-order chi connectivity index (χ0) is 12.8. The molecule has 0 aromatic heterocycles. The molecule has 0 saturated carbocycles. The van der Waals surface area contributed by atoms with Crippen molar-refractivity contribution in [3.05, 3.63) is 24.3 Å². The minimum absolute atomic E-state index is 0.0782. The van der Waals surface area contributed by atoms with Gasteiger partial charge in [-0.25, -0.2) is 0 Å². The minimum Gasteiger partial charge on any atom is -0.490 e. The van der Waals surface area contributed by atoms with Crippen molar-refractivity contribution in [2.45, 2.75) is 19.8 Å². The summed E-state index contributed by atoms with van der Waals surface area (Å²) in [7, 11) is 0. The lowest BCUT2D eigenvalue weighted by molar-refractivity contribution is -0.114. The van der Waals surface area contributed by atoms with Gasteiger partial charge in [0.15, 0.2) is 0 Å². The predicted molar refractivity (Wildman–Crippen MR) is 71.9 cm³/mol. The maximum absolute atomic E-state index is 11.1. The molecule has 0 bridgehead atoms. The van der Waals surface area contributed by atoms with Gasteiger partial charge in [0.05, 0.1) is 5.69 Å². The van der Waals surface area contributed by atoms with Crippen LogP contribution in [0.3, 0.4) is 0 Å². The first-order chi connectivity index (χ1) is 8.75. The van der Waals surface area contributed by atoms with Gasteiger partial charge in [0.2, 0.25) is 5.91 Å². The van der Waals surface area contributed by atoms with E-state index in [2.05, 4.69) is 10.2 Å². The maximum atomic E-state index is 11.1. The van der Waals surface area contributed by atoms with Gasteiger partial charge in [-0.05, 0) is 38.1 Å². The number of para-hydroxylation sites is 2. The molecule has 1 aliphatic rings. The zero-order valence-electron chi connectivity index (χ0n) is 10.8. The van der Waals surface area contributed by atoms with E-state index < -0.39 is 0 Å². The van der Waals surface area contributed by atoms with Crippen LogP contribution in [0.2, 0.25) is 0 Å². The van der Waals surface area contributed by atoms with Crippen molar-refractivity contribution in [3.63, 3.8) is 0 Å². The molecule has 0 spiro atoms. The molecule has 0 aliphatic carbocycles. The molecule has 0 unspecified atom stereocenters. The standard InChI is InChI=1S/C14H20N2O2/c1-12(17)15-13-6-2-3-7-14(13)18-11-10-16-8-4-5-9-16/h2-3,6-7H,4-5,8-11H2,1H3,(H,15,17). The summed E-state index contributed by atoms with van der Waals surface area (Å²) in [4.78, 5) is 13.5. The molecule has 1 fully saturated rings. The van der Waals surface area contributed by atoms with Crippen molar-refractivity contribution >= 4 is 11.6 Å². The molecule has 18 heavy (non-hydrogen) atoms. The Morgan fingerprint density at radius 1 is 1.33 bits per heavy atom. The van der Waals surface area contributed by atoms with Gasteiger partial charge in [-0.2, -0.15) is 0 Å². The first kappa shape index (κ1) is 12.9. The van der Waals surface area contributed by atoms with E-state index in [9.17, 15) is 4.79 Å². The Labute approximate surface area is 108 Å². The van der Waals surface area contributed by atoms with E-state index in [1.807, 2.05) is 24.3 Å². The number of hydrogen-bond acceptors (Lipinski definition) is 3. The van der Waals surface area contributed by atoms with E-state index in [1.54, 1.807) is 0 Å². The van der Waals surface area contributed by atoms with Gasteiger partial charge in [0, 0.05) is 13.5 Å². The van der Waals surface area contributed by atoms with Crippen molar-refractivity contribution in [1.82, 2.24) is 4.90 Å². The molecule has 4 nitrogen and oxygen atoms in total. The Morgan fingerprint density at radius 2 is 2.06 bits per heavy atom. The minimum atomic E-state index is -0.0782. The fourth-order valence-electron chi connectivity index (χ4n) is 2.18. The third-order valence-corrected chi connectivity index (χ3v) is 3.06. The number of nitrogens with one attached hydrogen (secondary N) is 1. The number of nitrogens with zero attached hydrogens (tertiary/aromatic N) is 1. The van der Waals surface area contributed by atoms with Crippen molar-refractivity contribution in [2.75, 3.05) is 31.6 Å². The van der Waals surface area contributed by atoms with Gasteiger partial charge in [0.25, 0.3) is 0 Å². The lowest BCUT2D eigenvalue weighted by Gasteiger charge is -2.16. The Balaban J connectivity index is 1.85. The lowest BCUT2D eigenvalue weighted by atomic mass is 10.3. The van der Waals surface area contributed by atoms with Crippen LogP contribution in [0.15, 0.2) is 24.3 Å². The van der Waals surface area contributed by atoms with Gasteiger partial charge < -0.3 is 10.1 Å². The fraction of sp³-hybridized carbons (Fsp3) is 0.500. The Bertz CT molecular complexity index is 401. The molecule has 1 heterocycles. The molecule has 1 amide bonds. The van der Waals surface area contributed by atoms with Crippen LogP contribution in [0.4, 0.5) is 5.69 Å². The average molecular weight is 248 g/mol. The second-order valence-electron chi connectivity index (χ2n) is 4.57. The highest BCUT2D eigenvalue weighted by molar-refractivity contribution is 5.90. The van der Waals surface area contributed by atoms with E-state index in [1.165, 1.54) is 32.9 Å². The SMILES string of the molecule is CC(=O)Nc1ccccc1OCCN1CCCC1. The molecule has 4 heteroatoms. The summed E-state index contributed by atoms with van der Waals surface area (Å²) in [5, 5.41) is 2.77. The number of carbonyl (C=O) groups is 1. The van der Waals surface area contributed by atoms with Gasteiger partial charge in [-0.1, -0.05) is 12.1 Å². The number of rotatable bonds is 5. The number of anilines is 1. The van der Waals surface area contributed by atoms with Crippen LogP contribution in [-0.2, 0) is 4.79 Å². The highest BCUT2D eigenvalue weighted by Gasteiger charge is 2.11. The number of likely N-dealkylation sites (tertiary alicyclic amines) is 1. The normalized spacial score (nSPS) is 15.6. The number of ether oxygens (including phenoxy) is 1. The van der Waals surface area contributed by atoms with Gasteiger partial charge in [-0.3, -0.25) is 9.69 Å². The number of benzene rings is 1. The lowest BCUT2D eigenvalue weighted by Crippen LogP contribution is -2.25. The molecule has 2 rings (SSSR count). The fourth-order valence-corrected chi connectivity index (χ4v) is 2.18. The summed E-state index contributed by atoms with van der Waals surface area (Å²) in [5.41, 5.74) is 0.742. The third-order valence-electron chi connectivity index (χ3n) is 3.06. The molecular weight excluding hydrogens is 228 g/mol. The molecule has 0 radical (unpaired) electrons. The molecule has 1 aliphatic heterocycles. The molecule has 0 atom stereocenters. The topological polar surface area (TPSA) is 41.6 Å². The monoisotopic (exact) mass is 248 g/mol. The van der Waals surface area contributed by atoms with E-state index in [0.717, 1.165) is 18.0 Å². The molecule has 98 valence electrons. The Kier molecular flexibility index (Phi) is 4.59. The van der Waals surface area contributed by atoms with Crippen molar-refractivity contribution < 1.29 is 9.53 Å². The predicted octanol–water partition coefficient (Wildman–Crippen LogP) is 2.12. The van der Waals surface area contributed by atoms with Crippen LogP contribution in [0.1, 0.15) is 19.8 Å². The van der Waals surface area contributed by atoms with E-state index in [0.29, 0.717) is 6.61 Å². The molecular formula is C14H20N2O2. The quantitative estimate of drug-likeness (QED) is 0.867. The summed E-state index contributed by atoms with van der Waals surface area (Å²) >= 11 is 0. The second kappa shape index (κ2) is 6.40. The van der Waals surface area contributed by atoms with Crippen LogP contribution in [0.5, 0.6) is 5.75 Å². The van der Waals surface area contributed by atoms with Gasteiger partial charge in [-0.15, -0.1) is 0 Å². The molecule has 1 N–H and O–H groups in total. The van der Waals surface area contributed by atoms with E-state index in [-0.39, 0.29) is 5.91 Å². The summed E-state index contributed by atoms with van der Waals surface area (Å²) in [6.07, 6.45) is 2.59. The van der Waals surface area contributed by atoms with Gasteiger partial charge in [0.1, 0.15) is 12.4 Å². The highest BCUT2D eigenvalue weighted by Crippen LogP contribution is 2.23. The van der Waals surface area contributed by atoms with Crippen molar-refractivity contribution in [2.24, 2.45) is 0 Å². The van der Waals surface area contributed by atoms with Crippen LogP contribution in [-0.4, -0.2) is 37.0 Å². The molecule has 1 aromatic rings. The largest absolute Gasteiger partial charge is 0.490 e. The van der Waals surface area contributed by atoms with Crippen LogP contribution >= 0.6 is 0 Å². The van der Waals surface area contributed by atoms with Crippen molar-refractivity contribution in [3.8, 4) is 5.75 Å². The van der Waals surface area contributed by atoms with E-state index in [4.69, 9.17) is 4.74 Å². The average Bonchev–Trinajstić information content (AvgIpc) is 2.84. The first-order valence-electron chi connectivity index (χ1n) is 6.47. The maximum Gasteiger partial charge on any atom is 0.221 e. The summed E-state index contributed by atoms with van der Waals surface area (Å²) in [5.74, 6) is 0.664. The number of carbonyl (C=O) groups excluding carboxylic acids is 1. The third kappa shape index (κ3) is 3.74. The smallest absolute Gasteiger partial charge is 0.221 e. The summed E-state index contributed by atoms with van der Waals surface area (Å²) in [6, 6.07) is 7.54. The zero-order valence-corrected chi connectivity index (χ0v) is 10.8. The summed E-state index contributed by atoms with van der Waals surface area (Å²) in [6.45, 7) is 5.47. The van der Waals surface area contributed by atoms with Crippen LogP contribution in [0.25, 0.3) is 0 Å². The van der Waals surface area contributed by atoms with Crippen LogP contribution < -0.4 is 10.1 Å². The molecule has 1 saturated heterocycles. The number of amides is 1. The first-order valence-corrected chi connectivity index (χ1v) is 6.47. The second-order valence-corrected chi connectivity index (χ2v) is 4.57. The van der Waals surface area contributed by atoms with Gasteiger partial charge >= 0.3 is 0 Å². The van der Waals surface area contributed by atoms with Crippen molar-refractivity contribution in [1.29, 1.82) is 0 Å².